The Labute approximate surface area is 161 Å². The van der Waals surface area contributed by atoms with Gasteiger partial charge in [-0.1, -0.05) is 0 Å². The van der Waals surface area contributed by atoms with Crippen molar-refractivity contribution in [3.05, 3.63) is 0 Å². The van der Waals surface area contributed by atoms with Crippen LogP contribution >= 0.6 is 0 Å². The fraction of sp³-hybridized carbons (Fsp3) is 0.909. The van der Waals surface area contributed by atoms with E-state index in [9.17, 15) is 79.4 Å². The number of nitrogens with zero attached hydrogens (tertiary/aromatic N) is 1. The Kier molecular flexibility index (Phi) is 7.26. The first-order valence-electron chi connectivity index (χ1n) is 6.69. The molecule has 0 heterocycles. The Balaban J connectivity index is 6.87. The van der Waals surface area contributed by atoms with Gasteiger partial charge in [-0.05, 0) is 16.9 Å². The van der Waals surface area contributed by atoms with E-state index in [4.69, 9.17) is 0 Å². The number of amides is 1. The molecular weight excluding hydrogens is 517 g/mol. The molecule has 1 atom stereocenters. The molecule has 0 aliphatic carbocycles. The van der Waals surface area contributed by atoms with E-state index >= 15 is 0 Å². The first-order chi connectivity index (χ1) is 13.1. The van der Waals surface area contributed by atoms with E-state index < -0.39 is 63.6 Å². The van der Waals surface area contributed by atoms with Crippen LogP contribution in [0.1, 0.15) is 6.92 Å². The Bertz CT molecular complexity index is 737. The average molecular weight is 523 g/mol. The summed E-state index contributed by atoms with van der Waals surface area (Å²) >= 11 is 0. The Hall–Kier alpha value is -1.37. The molecule has 2 nitrogen and oxygen atoms in total. The largest absolute Gasteiger partial charge is 0.460 e. The number of carbonyl (C=O) groups excluding carboxylic acids is 1. The van der Waals surface area contributed by atoms with Crippen molar-refractivity contribution in [2.24, 2.45) is 4.36 Å². The molecule has 20 heteroatoms. The van der Waals surface area contributed by atoms with Gasteiger partial charge in [0.2, 0.25) is 5.91 Å². The zero-order chi connectivity index (χ0) is 25.9. The maximum Gasteiger partial charge on any atom is 0.460 e. The van der Waals surface area contributed by atoms with Crippen molar-refractivity contribution in [3.63, 3.8) is 0 Å². The molecule has 0 aromatic heterocycles. The molecule has 0 fully saturated rings. The molecule has 0 saturated carbocycles. The normalized spacial score (nSPS) is 17.1. The molecule has 0 saturated heterocycles. The van der Waals surface area contributed by atoms with Gasteiger partial charge in [-0.2, -0.15) is 79.0 Å². The third-order valence-electron chi connectivity index (χ3n) is 3.33. The summed E-state index contributed by atoms with van der Waals surface area (Å²) in [6.07, 6.45) is -8.08. The maximum atomic E-state index is 13.5. The van der Waals surface area contributed by atoms with Crippen LogP contribution in [0.25, 0.3) is 0 Å². The van der Waals surface area contributed by atoms with Crippen LogP contribution in [0.15, 0.2) is 4.36 Å². The number of carbonyl (C=O) groups is 1. The Morgan fingerprint density at radius 1 is 0.548 bits per heavy atom. The number of hydrogen-bond donors (Lipinski definition) is 0. The van der Waals surface area contributed by atoms with Crippen LogP contribution < -0.4 is 0 Å². The summed E-state index contributed by atoms with van der Waals surface area (Å²) in [7, 11) is -4.02. The molecule has 0 aliphatic rings. The molecule has 0 rings (SSSR count). The highest BCUT2D eigenvalue weighted by molar-refractivity contribution is 7.88. The average Bonchev–Trinajstić information content (AvgIpc) is 2.51. The summed E-state index contributed by atoms with van der Waals surface area (Å²) in [5.74, 6) is -52.1. The van der Waals surface area contributed by atoms with Gasteiger partial charge >= 0.3 is 47.0 Å². The lowest BCUT2D eigenvalue weighted by Gasteiger charge is -2.42. The van der Waals surface area contributed by atoms with Gasteiger partial charge in [0.05, 0.1) is 0 Å². The SMILES string of the molecule is CC(=O)N=S(C)C(F)(F)C(F)(F)C(F)(F)C(F)(F)C(F)(F)C(F)(F)C(F)(F)C(F)(F)F. The lowest BCUT2D eigenvalue weighted by Crippen LogP contribution is -2.74. The van der Waals surface area contributed by atoms with Crippen LogP contribution in [0.5, 0.6) is 0 Å². The first-order valence-corrected chi connectivity index (χ1v) is 8.28. The predicted octanol–water partition coefficient (Wildman–Crippen LogP) is 5.93. The number of halogens is 17. The molecule has 1 unspecified atom stereocenters. The molecule has 0 aromatic carbocycles. The Morgan fingerprint density at radius 3 is 1.06 bits per heavy atom. The highest BCUT2D eigenvalue weighted by Crippen LogP contribution is 2.64. The van der Waals surface area contributed by atoms with E-state index in [0.29, 0.717) is 0 Å². The first kappa shape index (κ1) is 29.6. The lowest BCUT2D eigenvalue weighted by molar-refractivity contribution is -0.458. The monoisotopic (exact) mass is 523 g/mol. The van der Waals surface area contributed by atoms with Gasteiger partial charge in [0.25, 0.3) is 0 Å². The van der Waals surface area contributed by atoms with Crippen molar-refractivity contribution in [1.29, 1.82) is 0 Å². The summed E-state index contributed by atoms with van der Waals surface area (Å²) in [4.78, 5) is 10.5. The van der Waals surface area contributed by atoms with Gasteiger partial charge in [-0.3, -0.25) is 4.79 Å². The van der Waals surface area contributed by atoms with Crippen LogP contribution in [-0.4, -0.2) is 59.1 Å². The standard InChI is InChI=1S/C11H6F17NOS/c1-3(30)29-31(2)11(27,28)9(22,23)7(18,19)5(14,15)4(12,13)6(16,17)8(20,21)10(24,25)26/h1-2H3. The lowest BCUT2D eigenvalue weighted by atomic mass is 9.91. The van der Waals surface area contributed by atoms with E-state index in [0.717, 1.165) is 0 Å². The van der Waals surface area contributed by atoms with Gasteiger partial charge < -0.3 is 0 Å². The second kappa shape index (κ2) is 7.60. The van der Waals surface area contributed by atoms with Crippen LogP contribution in [-0.2, 0) is 15.5 Å². The minimum Gasteiger partial charge on any atom is -0.272 e. The molecular formula is C11H6F17NOS. The van der Waals surface area contributed by atoms with Gasteiger partial charge in [-0.25, -0.2) is 0 Å². The molecule has 0 bridgehead atoms. The Morgan fingerprint density at radius 2 is 0.806 bits per heavy atom. The zero-order valence-corrected chi connectivity index (χ0v) is 15.0. The highest BCUT2D eigenvalue weighted by atomic mass is 32.2. The van der Waals surface area contributed by atoms with Gasteiger partial charge in [0.15, 0.2) is 0 Å². The molecule has 1 amide bonds. The topological polar surface area (TPSA) is 29.4 Å². The van der Waals surface area contributed by atoms with E-state index in [2.05, 4.69) is 4.36 Å². The van der Waals surface area contributed by atoms with Crippen molar-refractivity contribution in [2.75, 3.05) is 6.26 Å². The van der Waals surface area contributed by atoms with E-state index in [1.54, 1.807) is 0 Å². The molecule has 0 aliphatic heterocycles. The smallest absolute Gasteiger partial charge is 0.272 e. The van der Waals surface area contributed by atoms with Crippen molar-refractivity contribution in [1.82, 2.24) is 0 Å². The summed E-state index contributed by atoms with van der Waals surface area (Å²) in [6, 6.07) is 0. The van der Waals surface area contributed by atoms with Crippen molar-refractivity contribution in [3.8, 4) is 0 Å². The second-order valence-electron chi connectivity index (χ2n) is 5.55. The van der Waals surface area contributed by atoms with Gasteiger partial charge in [-0.15, -0.1) is 0 Å². The van der Waals surface area contributed by atoms with Crippen LogP contribution in [0.2, 0.25) is 0 Å². The number of hydrogen-bond acceptors (Lipinski definition) is 1. The number of alkyl halides is 17. The van der Waals surface area contributed by atoms with Gasteiger partial charge in [0.1, 0.15) is 0 Å². The molecule has 0 spiro atoms. The fourth-order valence-corrected chi connectivity index (χ4v) is 2.58. The summed E-state index contributed by atoms with van der Waals surface area (Å²) in [5, 5.41) is -6.68. The number of rotatable bonds is 7. The molecule has 31 heavy (non-hydrogen) atoms. The highest BCUT2D eigenvalue weighted by Gasteiger charge is 2.95. The minimum absolute atomic E-state index is 0.248. The third kappa shape index (κ3) is 3.96. The molecule has 186 valence electrons. The minimum atomic E-state index is -8.67. The van der Waals surface area contributed by atoms with E-state index in [1.807, 2.05) is 0 Å². The van der Waals surface area contributed by atoms with Gasteiger partial charge in [0, 0.05) is 6.92 Å². The van der Waals surface area contributed by atoms with E-state index in [-0.39, 0.29) is 13.2 Å². The second-order valence-corrected chi connectivity index (χ2v) is 7.20. The summed E-state index contributed by atoms with van der Waals surface area (Å²) in [5.41, 5.74) is 0. The predicted molar refractivity (Wildman–Crippen MR) is 67.1 cm³/mol. The van der Waals surface area contributed by atoms with Crippen LogP contribution in [0.4, 0.5) is 74.6 Å². The zero-order valence-electron chi connectivity index (χ0n) is 14.2. The fourth-order valence-electron chi connectivity index (χ4n) is 1.59. The van der Waals surface area contributed by atoms with Crippen molar-refractivity contribution in [2.45, 2.75) is 53.9 Å². The third-order valence-corrected chi connectivity index (χ3v) is 4.86. The molecule has 0 N–H and O–H groups in total. The van der Waals surface area contributed by atoms with Crippen LogP contribution in [0, 0.1) is 0 Å². The van der Waals surface area contributed by atoms with Crippen LogP contribution in [0.3, 0.4) is 0 Å². The summed E-state index contributed by atoms with van der Waals surface area (Å²) < 4.78 is 223. The maximum absolute atomic E-state index is 13.5. The quantitative estimate of drug-likeness (QED) is 0.381. The van der Waals surface area contributed by atoms with Crippen molar-refractivity contribution >= 4 is 16.6 Å². The molecule has 0 radical (unpaired) electrons. The molecule has 0 aromatic rings. The summed E-state index contributed by atoms with van der Waals surface area (Å²) in [6.45, 7) is 0.248. The van der Waals surface area contributed by atoms with Crippen molar-refractivity contribution < 1.29 is 79.4 Å². The van der Waals surface area contributed by atoms with E-state index in [1.165, 1.54) is 0 Å².